The van der Waals surface area contributed by atoms with Gasteiger partial charge in [0.2, 0.25) is 0 Å². The van der Waals surface area contributed by atoms with Gasteiger partial charge in [0.05, 0.1) is 12.8 Å². The lowest BCUT2D eigenvalue weighted by Crippen LogP contribution is -2.32. The minimum atomic E-state index is 0.212. The molecule has 3 rings (SSSR count). The highest BCUT2D eigenvalue weighted by atomic mass is 16.5. The second-order valence-corrected chi connectivity index (χ2v) is 5.61. The van der Waals surface area contributed by atoms with E-state index in [0.717, 1.165) is 43.2 Å². The van der Waals surface area contributed by atoms with Crippen LogP contribution in [0, 0.1) is 0 Å². The number of rotatable bonds is 4. The topological polar surface area (TPSA) is 34.6 Å². The van der Waals surface area contributed by atoms with Crippen molar-refractivity contribution in [2.24, 2.45) is 0 Å². The van der Waals surface area contributed by atoms with Crippen LogP contribution in [-0.4, -0.2) is 29.6 Å². The molecule has 1 aliphatic rings. The lowest BCUT2D eigenvalue weighted by molar-refractivity contribution is 0.139. The molecule has 1 aromatic heterocycles. The van der Waals surface area contributed by atoms with Crippen LogP contribution in [0.5, 0.6) is 11.5 Å². The van der Waals surface area contributed by atoms with E-state index in [0.29, 0.717) is 0 Å². The minimum Gasteiger partial charge on any atom is -0.497 e. The summed E-state index contributed by atoms with van der Waals surface area (Å²) in [6, 6.07) is 12.2. The highest BCUT2D eigenvalue weighted by Crippen LogP contribution is 2.25. The molecule has 0 radical (unpaired) electrons. The zero-order valence-corrected chi connectivity index (χ0v) is 13.2. The second-order valence-electron chi connectivity index (χ2n) is 5.61. The van der Waals surface area contributed by atoms with Gasteiger partial charge in [-0.15, -0.1) is 0 Å². The average Bonchev–Trinajstić information content (AvgIpc) is 2.74. The fraction of sp³-hybridized carbons (Fsp3) is 0.389. The highest BCUT2D eigenvalue weighted by molar-refractivity contribution is 5.29. The van der Waals surface area contributed by atoms with E-state index >= 15 is 0 Å². The molecule has 2 heterocycles. The third-order valence-electron chi connectivity index (χ3n) is 4.00. The van der Waals surface area contributed by atoms with Gasteiger partial charge in [-0.1, -0.05) is 19.1 Å². The van der Waals surface area contributed by atoms with Gasteiger partial charge in [-0.25, -0.2) is 0 Å². The maximum atomic E-state index is 6.09. The van der Waals surface area contributed by atoms with Crippen LogP contribution in [0.3, 0.4) is 0 Å². The fourth-order valence-electron chi connectivity index (χ4n) is 2.75. The van der Waals surface area contributed by atoms with Crippen LogP contribution in [0.15, 0.2) is 42.6 Å². The largest absolute Gasteiger partial charge is 0.497 e. The third-order valence-corrected chi connectivity index (χ3v) is 4.00. The SMILES string of the molecule is CC[C@@H]1CN(Cc2ccc(OC)cc2)Cc2ncccc2O1. The molecular formula is C18H22N2O2. The third kappa shape index (κ3) is 3.39. The molecule has 0 unspecified atom stereocenters. The molecular weight excluding hydrogens is 276 g/mol. The van der Waals surface area contributed by atoms with Gasteiger partial charge >= 0.3 is 0 Å². The molecule has 0 amide bonds. The summed E-state index contributed by atoms with van der Waals surface area (Å²) in [4.78, 5) is 6.88. The molecule has 4 heteroatoms. The zero-order chi connectivity index (χ0) is 15.4. The fourth-order valence-corrected chi connectivity index (χ4v) is 2.75. The molecule has 1 aliphatic heterocycles. The molecule has 0 N–H and O–H groups in total. The lowest BCUT2D eigenvalue weighted by atomic mass is 10.2. The molecule has 0 spiro atoms. The number of hydrogen-bond acceptors (Lipinski definition) is 4. The first-order chi connectivity index (χ1) is 10.8. The van der Waals surface area contributed by atoms with Crippen molar-refractivity contribution in [1.29, 1.82) is 0 Å². The Morgan fingerprint density at radius 1 is 1.27 bits per heavy atom. The van der Waals surface area contributed by atoms with E-state index in [9.17, 15) is 0 Å². The molecule has 1 atom stereocenters. The van der Waals surface area contributed by atoms with Crippen LogP contribution in [-0.2, 0) is 13.1 Å². The van der Waals surface area contributed by atoms with E-state index in [1.165, 1.54) is 5.56 Å². The predicted octanol–water partition coefficient (Wildman–Crippen LogP) is 3.26. The minimum absolute atomic E-state index is 0.212. The van der Waals surface area contributed by atoms with Crippen LogP contribution in [0.1, 0.15) is 24.6 Å². The van der Waals surface area contributed by atoms with Gasteiger partial charge in [-0.05, 0) is 36.2 Å². The van der Waals surface area contributed by atoms with Crippen LogP contribution in [0.4, 0.5) is 0 Å². The second kappa shape index (κ2) is 6.79. The van der Waals surface area contributed by atoms with E-state index in [4.69, 9.17) is 9.47 Å². The van der Waals surface area contributed by atoms with Crippen LogP contribution in [0.25, 0.3) is 0 Å². The molecule has 1 aromatic carbocycles. The zero-order valence-electron chi connectivity index (χ0n) is 13.2. The molecule has 0 aliphatic carbocycles. The Kier molecular flexibility index (Phi) is 4.59. The van der Waals surface area contributed by atoms with Crippen molar-refractivity contribution in [1.82, 2.24) is 9.88 Å². The van der Waals surface area contributed by atoms with Gasteiger partial charge in [0, 0.05) is 25.8 Å². The van der Waals surface area contributed by atoms with E-state index in [2.05, 4.69) is 28.9 Å². The van der Waals surface area contributed by atoms with E-state index < -0.39 is 0 Å². The Hall–Kier alpha value is -2.07. The smallest absolute Gasteiger partial charge is 0.142 e. The number of nitrogens with zero attached hydrogens (tertiary/aromatic N) is 2. The summed E-state index contributed by atoms with van der Waals surface area (Å²) in [5.41, 5.74) is 2.29. The molecule has 2 aromatic rings. The van der Waals surface area contributed by atoms with Gasteiger partial charge in [0.1, 0.15) is 17.6 Å². The van der Waals surface area contributed by atoms with E-state index in [1.807, 2.05) is 30.5 Å². The summed E-state index contributed by atoms with van der Waals surface area (Å²) < 4.78 is 11.3. The molecule has 0 fully saturated rings. The molecule has 0 saturated heterocycles. The Labute approximate surface area is 131 Å². The standard InChI is InChI=1S/C18H22N2O2/c1-3-15-12-20(11-14-6-8-16(21-2)9-7-14)13-17-18(22-15)5-4-10-19-17/h4-10,15H,3,11-13H2,1-2H3/t15-/m1/s1. The number of fused-ring (bicyclic) bond motifs is 1. The Morgan fingerprint density at radius 2 is 2.09 bits per heavy atom. The first-order valence-corrected chi connectivity index (χ1v) is 7.74. The normalized spacial score (nSPS) is 18.2. The van der Waals surface area contributed by atoms with Gasteiger partial charge in [-0.2, -0.15) is 0 Å². The number of ether oxygens (including phenoxy) is 2. The summed E-state index contributed by atoms with van der Waals surface area (Å²) in [6.45, 7) is 4.79. The van der Waals surface area contributed by atoms with Crippen molar-refractivity contribution in [2.75, 3.05) is 13.7 Å². The van der Waals surface area contributed by atoms with Crippen molar-refractivity contribution < 1.29 is 9.47 Å². The molecule has 116 valence electrons. The van der Waals surface area contributed by atoms with Crippen molar-refractivity contribution in [2.45, 2.75) is 32.5 Å². The van der Waals surface area contributed by atoms with Gasteiger partial charge in [0.25, 0.3) is 0 Å². The van der Waals surface area contributed by atoms with Crippen molar-refractivity contribution in [3.63, 3.8) is 0 Å². The average molecular weight is 298 g/mol. The van der Waals surface area contributed by atoms with E-state index in [-0.39, 0.29) is 6.10 Å². The Bertz CT molecular complexity index is 613. The van der Waals surface area contributed by atoms with Gasteiger partial charge in [-0.3, -0.25) is 9.88 Å². The summed E-state index contributed by atoms with van der Waals surface area (Å²) in [6.07, 6.45) is 3.04. The maximum absolute atomic E-state index is 6.09. The predicted molar refractivity (Wildman–Crippen MR) is 86.1 cm³/mol. The van der Waals surface area contributed by atoms with Gasteiger partial charge in [0.15, 0.2) is 0 Å². The molecule has 0 saturated carbocycles. The monoisotopic (exact) mass is 298 g/mol. The van der Waals surface area contributed by atoms with E-state index in [1.54, 1.807) is 7.11 Å². The number of benzene rings is 1. The summed E-state index contributed by atoms with van der Waals surface area (Å²) in [5, 5.41) is 0. The lowest BCUT2D eigenvalue weighted by Gasteiger charge is -2.23. The quantitative estimate of drug-likeness (QED) is 0.868. The first-order valence-electron chi connectivity index (χ1n) is 7.74. The number of hydrogen-bond donors (Lipinski definition) is 0. The van der Waals surface area contributed by atoms with Crippen molar-refractivity contribution in [3.05, 3.63) is 53.9 Å². The van der Waals surface area contributed by atoms with Crippen LogP contribution < -0.4 is 9.47 Å². The highest BCUT2D eigenvalue weighted by Gasteiger charge is 2.22. The maximum Gasteiger partial charge on any atom is 0.142 e. The summed E-state index contributed by atoms with van der Waals surface area (Å²) in [5.74, 6) is 1.81. The first kappa shape index (κ1) is 14.9. The number of aromatic nitrogens is 1. The summed E-state index contributed by atoms with van der Waals surface area (Å²) in [7, 11) is 1.69. The Balaban J connectivity index is 1.77. The number of methoxy groups -OCH3 is 1. The van der Waals surface area contributed by atoms with Crippen LogP contribution in [0.2, 0.25) is 0 Å². The molecule has 4 nitrogen and oxygen atoms in total. The van der Waals surface area contributed by atoms with Crippen LogP contribution >= 0.6 is 0 Å². The molecule has 22 heavy (non-hydrogen) atoms. The summed E-state index contributed by atoms with van der Waals surface area (Å²) >= 11 is 0. The number of pyridine rings is 1. The molecule has 0 bridgehead atoms. The van der Waals surface area contributed by atoms with Crippen molar-refractivity contribution in [3.8, 4) is 11.5 Å². The van der Waals surface area contributed by atoms with Gasteiger partial charge < -0.3 is 9.47 Å². The van der Waals surface area contributed by atoms with Crippen molar-refractivity contribution >= 4 is 0 Å². The Morgan fingerprint density at radius 3 is 2.82 bits per heavy atom.